The predicted molar refractivity (Wildman–Crippen MR) is 85.3 cm³/mol. The van der Waals surface area contributed by atoms with Crippen molar-refractivity contribution in [3.05, 3.63) is 71.4 Å². The molecule has 0 atom stereocenters. The van der Waals surface area contributed by atoms with Crippen molar-refractivity contribution in [1.82, 2.24) is 4.57 Å². The van der Waals surface area contributed by atoms with Crippen LogP contribution in [-0.2, 0) is 0 Å². The number of halogens is 1. The summed E-state index contributed by atoms with van der Waals surface area (Å²) in [7, 11) is 0. The average Bonchev–Trinajstić information content (AvgIpc) is 2.85. The molecule has 0 saturated heterocycles. The van der Waals surface area contributed by atoms with Crippen molar-refractivity contribution in [2.75, 3.05) is 5.73 Å². The van der Waals surface area contributed by atoms with E-state index >= 15 is 0 Å². The van der Waals surface area contributed by atoms with Crippen LogP contribution in [0.2, 0.25) is 5.02 Å². The van der Waals surface area contributed by atoms with Gasteiger partial charge in [-0.25, -0.2) is 0 Å². The lowest BCUT2D eigenvalue weighted by molar-refractivity contribution is 1.09. The lowest BCUT2D eigenvalue weighted by Crippen LogP contribution is -2.00. The minimum absolute atomic E-state index is 0.393. The van der Waals surface area contributed by atoms with Crippen LogP contribution in [0.3, 0.4) is 0 Å². The largest absolute Gasteiger partial charge is 0.384 e. The molecule has 0 aliphatic heterocycles. The highest BCUT2D eigenvalue weighted by Crippen LogP contribution is 2.33. The molecule has 0 saturated carbocycles. The molecule has 3 aromatic rings. The summed E-state index contributed by atoms with van der Waals surface area (Å²) in [6.07, 6.45) is 1.85. The number of nitrogens with zero attached hydrogens (tertiary/aromatic N) is 2. The number of nitriles is 1. The Hall–Kier alpha value is -2.70. The molecule has 0 unspecified atom stereocenters. The van der Waals surface area contributed by atoms with Crippen LogP contribution in [-0.4, -0.2) is 4.57 Å². The van der Waals surface area contributed by atoms with Gasteiger partial charge in [-0.2, -0.15) is 5.26 Å². The fourth-order valence-electron chi connectivity index (χ4n) is 2.32. The van der Waals surface area contributed by atoms with Crippen molar-refractivity contribution in [3.8, 4) is 22.9 Å². The number of anilines is 1. The number of nitrogens with two attached hydrogens (primary N) is 1. The molecule has 0 bridgehead atoms. The van der Waals surface area contributed by atoms with E-state index in [1.165, 1.54) is 0 Å². The number of aromatic nitrogens is 1. The second kappa shape index (κ2) is 5.35. The molecule has 3 rings (SSSR count). The highest BCUT2D eigenvalue weighted by atomic mass is 35.5. The van der Waals surface area contributed by atoms with E-state index < -0.39 is 0 Å². The Balaban J connectivity index is 2.25. The summed E-state index contributed by atoms with van der Waals surface area (Å²) < 4.78 is 1.75. The molecule has 0 radical (unpaired) electrons. The van der Waals surface area contributed by atoms with E-state index in [4.69, 9.17) is 17.3 Å². The summed E-state index contributed by atoms with van der Waals surface area (Å²) in [5.74, 6) is 0.393. The quantitative estimate of drug-likeness (QED) is 0.768. The van der Waals surface area contributed by atoms with Crippen LogP contribution in [0.1, 0.15) is 5.56 Å². The van der Waals surface area contributed by atoms with Crippen LogP contribution < -0.4 is 5.73 Å². The molecule has 21 heavy (non-hydrogen) atoms. The zero-order chi connectivity index (χ0) is 14.8. The first kappa shape index (κ1) is 13.3. The summed E-state index contributed by atoms with van der Waals surface area (Å²) in [6, 6.07) is 19.3. The first-order valence-electron chi connectivity index (χ1n) is 6.43. The highest BCUT2D eigenvalue weighted by molar-refractivity contribution is 6.32. The third-order valence-electron chi connectivity index (χ3n) is 3.35. The van der Waals surface area contributed by atoms with E-state index in [2.05, 4.69) is 6.07 Å². The molecular formula is C17H12ClN3. The predicted octanol–water partition coefficient (Wildman–Crippen LogP) is 4.25. The molecule has 102 valence electrons. The minimum atomic E-state index is 0.393. The summed E-state index contributed by atoms with van der Waals surface area (Å²) in [5, 5.41) is 10.0. The van der Waals surface area contributed by atoms with Crippen molar-refractivity contribution >= 4 is 17.4 Å². The second-order valence-corrected chi connectivity index (χ2v) is 5.01. The Bertz CT molecular complexity index is 829. The van der Waals surface area contributed by atoms with Crippen LogP contribution in [0.15, 0.2) is 60.8 Å². The summed E-state index contributed by atoms with van der Waals surface area (Å²) >= 11 is 6.22. The van der Waals surface area contributed by atoms with Gasteiger partial charge in [0.25, 0.3) is 0 Å². The van der Waals surface area contributed by atoms with E-state index in [1.807, 2.05) is 54.7 Å². The first-order valence-corrected chi connectivity index (χ1v) is 6.81. The number of nitrogen functional groups attached to an aromatic ring is 1. The van der Waals surface area contributed by atoms with Gasteiger partial charge in [0.2, 0.25) is 0 Å². The van der Waals surface area contributed by atoms with Crippen LogP contribution in [0.4, 0.5) is 5.82 Å². The standard InChI is InChI=1S/C17H12ClN3/c18-15-8-4-5-9-16(15)21-11-14(13(10-19)17(21)20)12-6-2-1-3-7-12/h1-9,11H,20H2. The Labute approximate surface area is 127 Å². The molecule has 2 aromatic carbocycles. The van der Waals surface area contributed by atoms with Crippen molar-refractivity contribution < 1.29 is 0 Å². The van der Waals surface area contributed by atoms with Crippen molar-refractivity contribution in [2.24, 2.45) is 0 Å². The van der Waals surface area contributed by atoms with Gasteiger partial charge in [0, 0.05) is 11.8 Å². The van der Waals surface area contributed by atoms with Crippen LogP contribution >= 0.6 is 11.6 Å². The molecule has 0 amide bonds. The fourth-order valence-corrected chi connectivity index (χ4v) is 2.55. The Kier molecular flexibility index (Phi) is 3.39. The third kappa shape index (κ3) is 2.26. The lowest BCUT2D eigenvalue weighted by atomic mass is 10.1. The van der Waals surface area contributed by atoms with Gasteiger partial charge in [0.15, 0.2) is 0 Å². The number of para-hydroxylation sites is 1. The van der Waals surface area contributed by atoms with Crippen LogP contribution in [0.25, 0.3) is 16.8 Å². The van der Waals surface area contributed by atoms with Crippen molar-refractivity contribution in [1.29, 1.82) is 5.26 Å². The molecule has 0 aliphatic rings. The Morgan fingerprint density at radius 1 is 1.00 bits per heavy atom. The summed E-state index contributed by atoms with van der Waals surface area (Å²) in [5.41, 5.74) is 9.11. The van der Waals surface area contributed by atoms with Gasteiger partial charge in [-0.15, -0.1) is 0 Å². The lowest BCUT2D eigenvalue weighted by Gasteiger charge is -2.07. The van der Waals surface area contributed by atoms with Gasteiger partial charge >= 0.3 is 0 Å². The van der Waals surface area contributed by atoms with E-state index in [0.29, 0.717) is 16.4 Å². The summed E-state index contributed by atoms with van der Waals surface area (Å²) in [4.78, 5) is 0. The van der Waals surface area contributed by atoms with E-state index in [1.54, 1.807) is 10.6 Å². The fraction of sp³-hybridized carbons (Fsp3) is 0. The zero-order valence-corrected chi connectivity index (χ0v) is 11.9. The number of benzene rings is 2. The topological polar surface area (TPSA) is 54.7 Å². The zero-order valence-electron chi connectivity index (χ0n) is 11.1. The monoisotopic (exact) mass is 293 g/mol. The molecule has 1 aromatic heterocycles. The average molecular weight is 294 g/mol. The maximum atomic E-state index is 9.41. The molecule has 1 heterocycles. The normalized spacial score (nSPS) is 10.3. The number of rotatable bonds is 2. The van der Waals surface area contributed by atoms with Gasteiger partial charge in [0.05, 0.1) is 10.7 Å². The van der Waals surface area contributed by atoms with E-state index in [-0.39, 0.29) is 0 Å². The smallest absolute Gasteiger partial charge is 0.126 e. The van der Waals surface area contributed by atoms with E-state index in [9.17, 15) is 5.26 Å². The van der Waals surface area contributed by atoms with Crippen molar-refractivity contribution in [3.63, 3.8) is 0 Å². The second-order valence-electron chi connectivity index (χ2n) is 4.60. The van der Waals surface area contributed by atoms with Gasteiger partial charge in [-0.3, -0.25) is 0 Å². The van der Waals surface area contributed by atoms with E-state index in [0.717, 1.165) is 16.8 Å². The molecule has 0 fully saturated rings. The number of hydrogen-bond acceptors (Lipinski definition) is 2. The molecule has 4 heteroatoms. The maximum Gasteiger partial charge on any atom is 0.126 e. The molecular weight excluding hydrogens is 282 g/mol. The highest BCUT2D eigenvalue weighted by Gasteiger charge is 2.16. The molecule has 0 spiro atoms. The molecule has 2 N–H and O–H groups in total. The van der Waals surface area contributed by atoms with Crippen LogP contribution in [0, 0.1) is 11.3 Å². The minimum Gasteiger partial charge on any atom is -0.384 e. The van der Waals surface area contributed by atoms with Crippen molar-refractivity contribution in [2.45, 2.75) is 0 Å². The molecule has 0 aliphatic carbocycles. The summed E-state index contributed by atoms with van der Waals surface area (Å²) in [6.45, 7) is 0. The Morgan fingerprint density at radius 2 is 1.67 bits per heavy atom. The van der Waals surface area contributed by atoms with Gasteiger partial charge in [-0.05, 0) is 17.7 Å². The van der Waals surface area contributed by atoms with Gasteiger partial charge < -0.3 is 10.3 Å². The van der Waals surface area contributed by atoms with Crippen LogP contribution in [0.5, 0.6) is 0 Å². The molecule has 3 nitrogen and oxygen atoms in total. The maximum absolute atomic E-state index is 9.41. The first-order chi connectivity index (χ1) is 10.2. The Morgan fingerprint density at radius 3 is 2.33 bits per heavy atom. The van der Waals surface area contributed by atoms with Gasteiger partial charge in [-0.1, -0.05) is 54.1 Å². The SMILES string of the molecule is N#Cc1c(-c2ccccc2)cn(-c2ccccc2Cl)c1N. The number of hydrogen-bond donors (Lipinski definition) is 1. The third-order valence-corrected chi connectivity index (χ3v) is 3.67. The van der Waals surface area contributed by atoms with Gasteiger partial charge in [0.1, 0.15) is 17.5 Å².